The lowest BCUT2D eigenvalue weighted by molar-refractivity contribution is 0.0484. The molecule has 0 amide bonds. The zero-order chi connectivity index (χ0) is 12.1. The number of hydrogen-bond donors (Lipinski definition) is 2. The quantitative estimate of drug-likeness (QED) is 0.811. The van der Waals surface area contributed by atoms with E-state index in [-0.39, 0.29) is 12.7 Å². The van der Waals surface area contributed by atoms with Crippen molar-refractivity contribution in [2.24, 2.45) is 0 Å². The summed E-state index contributed by atoms with van der Waals surface area (Å²) in [5.41, 5.74) is 2.24. The summed E-state index contributed by atoms with van der Waals surface area (Å²) in [5, 5.41) is 12.6. The molecule has 0 aliphatic carbocycles. The Labute approximate surface area is 102 Å². The van der Waals surface area contributed by atoms with Crippen molar-refractivity contribution in [1.82, 2.24) is 5.32 Å². The first-order valence-corrected chi connectivity index (χ1v) is 6.04. The van der Waals surface area contributed by atoms with Crippen molar-refractivity contribution in [2.45, 2.75) is 6.10 Å². The van der Waals surface area contributed by atoms with Gasteiger partial charge in [-0.05, 0) is 17.7 Å². The van der Waals surface area contributed by atoms with Gasteiger partial charge in [0, 0.05) is 39.0 Å². The fourth-order valence-corrected chi connectivity index (χ4v) is 2.16. The van der Waals surface area contributed by atoms with Crippen molar-refractivity contribution >= 4 is 5.69 Å². The van der Waals surface area contributed by atoms with Crippen molar-refractivity contribution in [3.63, 3.8) is 0 Å². The Morgan fingerprint density at radius 1 is 1.41 bits per heavy atom. The molecule has 4 heteroatoms. The number of anilines is 1. The van der Waals surface area contributed by atoms with Crippen LogP contribution in [0.15, 0.2) is 24.3 Å². The van der Waals surface area contributed by atoms with Gasteiger partial charge in [-0.3, -0.25) is 0 Å². The molecule has 1 aromatic carbocycles. The number of piperazine rings is 1. The molecule has 94 valence electrons. The summed E-state index contributed by atoms with van der Waals surface area (Å²) in [7, 11) is 1.62. The van der Waals surface area contributed by atoms with E-state index in [9.17, 15) is 5.11 Å². The van der Waals surface area contributed by atoms with E-state index in [2.05, 4.69) is 22.3 Å². The minimum absolute atomic E-state index is 0.0154. The Balaban J connectivity index is 2.15. The maximum absolute atomic E-state index is 9.23. The number of ether oxygens (including phenoxy) is 1. The third-order valence-corrected chi connectivity index (χ3v) is 3.17. The Kier molecular flexibility index (Phi) is 4.36. The molecule has 2 rings (SSSR count). The summed E-state index contributed by atoms with van der Waals surface area (Å²) in [6.07, 6.45) is -0.224. The molecule has 1 aromatic rings. The first kappa shape index (κ1) is 12.4. The third-order valence-electron chi connectivity index (χ3n) is 3.17. The molecule has 0 bridgehead atoms. The van der Waals surface area contributed by atoms with Crippen LogP contribution in [0.25, 0.3) is 0 Å². The monoisotopic (exact) mass is 236 g/mol. The highest BCUT2D eigenvalue weighted by molar-refractivity contribution is 5.49. The Hall–Kier alpha value is -1.10. The van der Waals surface area contributed by atoms with Crippen molar-refractivity contribution in [3.05, 3.63) is 29.8 Å². The zero-order valence-electron chi connectivity index (χ0n) is 10.2. The molecule has 17 heavy (non-hydrogen) atoms. The molecule has 0 saturated carbocycles. The summed E-state index contributed by atoms with van der Waals surface area (Å²) in [4.78, 5) is 2.35. The summed E-state index contributed by atoms with van der Waals surface area (Å²) >= 11 is 0. The first-order valence-electron chi connectivity index (χ1n) is 6.04. The van der Waals surface area contributed by atoms with Gasteiger partial charge in [0.2, 0.25) is 0 Å². The number of benzene rings is 1. The number of nitrogens with zero attached hydrogens (tertiary/aromatic N) is 1. The molecule has 1 saturated heterocycles. The predicted octanol–water partition coefficient (Wildman–Crippen LogP) is 0.776. The van der Waals surface area contributed by atoms with Crippen LogP contribution in [-0.4, -0.2) is 45.0 Å². The number of rotatable bonds is 4. The highest BCUT2D eigenvalue weighted by Gasteiger charge is 2.13. The van der Waals surface area contributed by atoms with Crippen LogP contribution in [0.2, 0.25) is 0 Å². The minimum Gasteiger partial charge on any atom is -0.393 e. The lowest BCUT2D eigenvalue weighted by atomic mass is 10.1. The van der Waals surface area contributed by atoms with Crippen molar-refractivity contribution < 1.29 is 9.84 Å². The minimum atomic E-state index is -0.224. The van der Waals surface area contributed by atoms with Crippen LogP contribution in [0, 0.1) is 0 Å². The molecule has 1 fully saturated rings. The molecule has 0 aromatic heterocycles. The van der Waals surface area contributed by atoms with Crippen LogP contribution < -0.4 is 10.2 Å². The van der Waals surface area contributed by atoms with Crippen LogP contribution in [0.4, 0.5) is 5.69 Å². The van der Waals surface area contributed by atoms with Crippen LogP contribution in [0.3, 0.4) is 0 Å². The van der Waals surface area contributed by atoms with Crippen LogP contribution in [0.5, 0.6) is 0 Å². The average Bonchev–Trinajstić information content (AvgIpc) is 2.42. The maximum Gasteiger partial charge on any atom is 0.105 e. The fourth-order valence-electron chi connectivity index (χ4n) is 2.16. The Morgan fingerprint density at radius 2 is 2.18 bits per heavy atom. The molecule has 2 N–H and O–H groups in total. The smallest absolute Gasteiger partial charge is 0.105 e. The SMILES string of the molecule is CO[C@H](CO)c1cccc(N2CCNCC2)c1. The van der Waals surface area contributed by atoms with Gasteiger partial charge < -0.3 is 20.1 Å². The highest BCUT2D eigenvalue weighted by Crippen LogP contribution is 2.22. The van der Waals surface area contributed by atoms with E-state index in [0.29, 0.717) is 0 Å². The lowest BCUT2D eigenvalue weighted by Crippen LogP contribution is -2.43. The molecule has 1 atom stereocenters. The number of aliphatic hydroxyl groups is 1. The molecular formula is C13H20N2O2. The average molecular weight is 236 g/mol. The van der Waals surface area contributed by atoms with Gasteiger partial charge >= 0.3 is 0 Å². The Bertz CT molecular complexity index is 347. The van der Waals surface area contributed by atoms with E-state index < -0.39 is 0 Å². The highest BCUT2D eigenvalue weighted by atomic mass is 16.5. The molecule has 0 unspecified atom stereocenters. The van der Waals surface area contributed by atoms with E-state index in [1.54, 1.807) is 7.11 Å². The van der Waals surface area contributed by atoms with Crippen LogP contribution in [-0.2, 0) is 4.74 Å². The van der Waals surface area contributed by atoms with Gasteiger partial charge in [-0.15, -0.1) is 0 Å². The van der Waals surface area contributed by atoms with Gasteiger partial charge in [0.15, 0.2) is 0 Å². The summed E-state index contributed by atoms with van der Waals surface area (Å²) in [6, 6.07) is 8.24. The molecule has 1 heterocycles. The van der Waals surface area contributed by atoms with Gasteiger partial charge in [-0.1, -0.05) is 12.1 Å². The second-order valence-electron chi connectivity index (χ2n) is 4.24. The van der Waals surface area contributed by atoms with Gasteiger partial charge in [0.1, 0.15) is 6.10 Å². The van der Waals surface area contributed by atoms with Gasteiger partial charge in [0.25, 0.3) is 0 Å². The standard InChI is InChI=1S/C13H20N2O2/c1-17-13(10-16)11-3-2-4-12(9-11)15-7-5-14-6-8-15/h2-4,9,13-14,16H,5-8,10H2,1H3/t13-/m1/s1. The number of nitrogens with one attached hydrogen (secondary N) is 1. The van der Waals surface area contributed by atoms with Gasteiger partial charge in [-0.2, -0.15) is 0 Å². The van der Waals surface area contributed by atoms with Crippen molar-refractivity contribution in [1.29, 1.82) is 0 Å². The van der Waals surface area contributed by atoms with E-state index in [1.165, 1.54) is 5.69 Å². The third kappa shape index (κ3) is 2.97. The first-order chi connectivity index (χ1) is 8.35. The number of aliphatic hydroxyl groups excluding tert-OH is 1. The van der Waals surface area contributed by atoms with Gasteiger partial charge in [-0.25, -0.2) is 0 Å². The molecule has 1 aliphatic heterocycles. The normalized spacial score (nSPS) is 18.1. The molecule has 0 spiro atoms. The number of hydrogen-bond acceptors (Lipinski definition) is 4. The molecule has 1 aliphatic rings. The molecule has 0 radical (unpaired) electrons. The van der Waals surface area contributed by atoms with Crippen molar-refractivity contribution in [2.75, 3.05) is 44.8 Å². The second-order valence-corrected chi connectivity index (χ2v) is 4.24. The van der Waals surface area contributed by atoms with Crippen LogP contribution in [0.1, 0.15) is 11.7 Å². The zero-order valence-corrected chi connectivity index (χ0v) is 10.2. The number of methoxy groups -OCH3 is 1. The molecule has 4 nitrogen and oxygen atoms in total. The topological polar surface area (TPSA) is 44.7 Å². The lowest BCUT2D eigenvalue weighted by Gasteiger charge is -2.30. The Morgan fingerprint density at radius 3 is 2.82 bits per heavy atom. The second kappa shape index (κ2) is 6.00. The fraction of sp³-hybridized carbons (Fsp3) is 0.538. The van der Waals surface area contributed by atoms with E-state index in [1.807, 2.05) is 12.1 Å². The van der Waals surface area contributed by atoms with Crippen LogP contribution >= 0.6 is 0 Å². The van der Waals surface area contributed by atoms with E-state index in [0.717, 1.165) is 31.7 Å². The van der Waals surface area contributed by atoms with E-state index >= 15 is 0 Å². The summed E-state index contributed by atoms with van der Waals surface area (Å²) in [5.74, 6) is 0. The van der Waals surface area contributed by atoms with Gasteiger partial charge in [0.05, 0.1) is 6.61 Å². The maximum atomic E-state index is 9.23. The largest absolute Gasteiger partial charge is 0.393 e. The van der Waals surface area contributed by atoms with E-state index in [4.69, 9.17) is 4.74 Å². The molecular weight excluding hydrogens is 216 g/mol. The summed E-state index contributed by atoms with van der Waals surface area (Å²) < 4.78 is 5.25. The summed E-state index contributed by atoms with van der Waals surface area (Å²) in [6.45, 7) is 4.12. The van der Waals surface area contributed by atoms with Crippen molar-refractivity contribution in [3.8, 4) is 0 Å². The predicted molar refractivity (Wildman–Crippen MR) is 68.4 cm³/mol.